The van der Waals surface area contributed by atoms with Crippen LogP contribution >= 0.6 is 0 Å². The molecule has 0 aliphatic heterocycles. The van der Waals surface area contributed by atoms with E-state index in [1.54, 1.807) is 46.8 Å². The predicted molar refractivity (Wildman–Crippen MR) is 123 cm³/mol. The fourth-order valence-corrected chi connectivity index (χ4v) is 3.18. The molecule has 32 heavy (non-hydrogen) atoms. The Labute approximate surface area is 191 Å². The van der Waals surface area contributed by atoms with Gasteiger partial charge in [-0.25, -0.2) is 4.79 Å². The van der Waals surface area contributed by atoms with E-state index in [1.807, 2.05) is 39.0 Å². The van der Waals surface area contributed by atoms with Gasteiger partial charge in [-0.1, -0.05) is 43.7 Å². The topological polar surface area (TPSA) is 112 Å². The minimum Gasteiger partial charge on any atom is -0.444 e. The summed E-state index contributed by atoms with van der Waals surface area (Å²) in [4.78, 5) is 40.3. The fourth-order valence-electron chi connectivity index (χ4n) is 3.18. The molecular formula is C24H36N4O4. The SMILES string of the molecule is Cc1cccc(C(C(=O)NC(C)C)N(CC#N)C(=O)C(NC(=O)OC(C)(C)C)C(C)C)c1. The van der Waals surface area contributed by atoms with Gasteiger partial charge in [0.2, 0.25) is 11.8 Å². The van der Waals surface area contributed by atoms with Crippen molar-refractivity contribution in [2.45, 2.75) is 79.1 Å². The molecule has 0 aromatic heterocycles. The fraction of sp³-hybridized carbons (Fsp3) is 0.583. The minimum atomic E-state index is -1.02. The number of amides is 3. The van der Waals surface area contributed by atoms with Gasteiger partial charge in [0.25, 0.3) is 0 Å². The second kappa shape index (κ2) is 11.5. The molecule has 8 nitrogen and oxygen atoms in total. The molecule has 1 rings (SSSR count). The molecule has 176 valence electrons. The van der Waals surface area contributed by atoms with Gasteiger partial charge in [0.15, 0.2) is 0 Å². The van der Waals surface area contributed by atoms with Crippen LogP contribution in [0.5, 0.6) is 0 Å². The molecule has 1 aromatic carbocycles. The van der Waals surface area contributed by atoms with Gasteiger partial charge in [-0.3, -0.25) is 9.59 Å². The first-order valence-corrected chi connectivity index (χ1v) is 10.8. The number of hydrogen-bond acceptors (Lipinski definition) is 5. The van der Waals surface area contributed by atoms with Crippen molar-refractivity contribution >= 4 is 17.9 Å². The lowest BCUT2D eigenvalue weighted by molar-refractivity contribution is -0.142. The highest BCUT2D eigenvalue weighted by Crippen LogP contribution is 2.24. The Morgan fingerprint density at radius 3 is 2.22 bits per heavy atom. The standard InChI is InChI=1S/C24H36N4O4/c1-15(2)19(27-23(31)32-24(6,7)8)22(30)28(13-12-25)20(21(29)26-16(3)4)18-11-9-10-17(5)14-18/h9-11,14-16,19-20H,13H2,1-8H3,(H,26,29)(H,27,31). The molecule has 8 heteroatoms. The van der Waals surface area contributed by atoms with E-state index in [2.05, 4.69) is 10.6 Å². The van der Waals surface area contributed by atoms with Crippen molar-refractivity contribution in [2.24, 2.45) is 5.92 Å². The second-order valence-electron chi connectivity index (χ2n) is 9.47. The van der Waals surface area contributed by atoms with E-state index in [-0.39, 0.29) is 18.5 Å². The molecule has 2 atom stereocenters. The first kappa shape index (κ1) is 27.0. The first-order valence-electron chi connectivity index (χ1n) is 10.8. The van der Waals surface area contributed by atoms with Crippen LogP contribution in [0.15, 0.2) is 24.3 Å². The van der Waals surface area contributed by atoms with Crippen LogP contribution in [-0.2, 0) is 14.3 Å². The quantitative estimate of drug-likeness (QED) is 0.597. The number of aryl methyl sites for hydroxylation is 1. The summed E-state index contributed by atoms with van der Waals surface area (Å²) in [6.07, 6.45) is -0.736. The molecule has 0 fully saturated rings. The summed E-state index contributed by atoms with van der Waals surface area (Å²) in [5.74, 6) is -1.23. The van der Waals surface area contributed by atoms with Crippen molar-refractivity contribution in [2.75, 3.05) is 6.54 Å². The molecule has 0 heterocycles. The Morgan fingerprint density at radius 1 is 1.12 bits per heavy atom. The highest BCUT2D eigenvalue weighted by Gasteiger charge is 2.37. The molecule has 3 amide bonds. The molecule has 0 bridgehead atoms. The van der Waals surface area contributed by atoms with Gasteiger partial charge in [-0.2, -0.15) is 5.26 Å². The largest absolute Gasteiger partial charge is 0.444 e. The van der Waals surface area contributed by atoms with E-state index in [1.165, 1.54) is 4.90 Å². The summed E-state index contributed by atoms with van der Waals surface area (Å²) in [7, 11) is 0. The normalized spacial score (nSPS) is 13.2. The Hall–Kier alpha value is -3.08. The van der Waals surface area contributed by atoms with Crippen LogP contribution in [0, 0.1) is 24.2 Å². The lowest BCUT2D eigenvalue weighted by Crippen LogP contribution is -2.55. The summed E-state index contributed by atoms with van der Waals surface area (Å²) in [5.41, 5.74) is 0.774. The highest BCUT2D eigenvalue weighted by atomic mass is 16.6. The second-order valence-corrected chi connectivity index (χ2v) is 9.47. The van der Waals surface area contributed by atoms with Crippen LogP contribution in [0.25, 0.3) is 0 Å². The van der Waals surface area contributed by atoms with Crippen LogP contribution in [0.1, 0.15) is 65.6 Å². The van der Waals surface area contributed by atoms with Crippen LogP contribution in [0.3, 0.4) is 0 Å². The van der Waals surface area contributed by atoms with E-state index in [4.69, 9.17) is 4.74 Å². The van der Waals surface area contributed by atoms with Crippen molar-refractivity contribution in [1.82, 2.24) is 15.5 Å². The number of rotatable bonds is 8. The maximum absolute atomic E-state index is 13.6. The van der Waals surface area contributed by atoms with E-state index in [0.29, 0.717) is 5.56 Å². The molecular weight excluding hydrogens is 408 g/mol. The van der Waals surface area contributed by atoms with Crippen LogP contribution < -0.4 is 10.6 Å². The highest BCUT2D eigenvalue weighted by molar-refractivity contribution is 5.92. The van der Waals surface area contributed by atoms with E-state index >= 15 is 0 Å². The molecule has 2 N–H and O–H groups in total. The van der Waals surface area contributed by atoms with Gasteiger partial charge in [0.1, 0.15) is 24.2 Å². The molecule has 0 saturated carbocycles. The summed E-state index contributed by atoms with van der Waals surface area (Å²) >= 11 is 0. The summed E-state index contributed by atoms with van der Waals surface area (Å²) in [6, 6.07) is 7.09. The average Bonchev–Trinajstić information content (AvgIpc) is 2.63. The Balaban J connectivity index is 3.40. The molecule has 0 aliphatic rings. The van der Waals surface area contributed by atoms with E-state index in [9.17, 15) is 19.6 Å². The van der Waals surface area contributed by atoms with Crippen LogP contribution in [0.2, 0.25) is 0 Å². The van der Waals surface area contributed by atoms with E-state index in [0.717, 1.165) is 5.56 Å². The monoisotopic (exact) mass is 444 g/mol. The van der Waals surface area contributed by atoms with E-state index < -0.39 is 35.6 Å². The van der Waals surface area contributed by atoms with Crippen molar-refractivity contribution in [1.29, 1.82) is 5.26 Å². The summed E-state index contributed by atoms with van der Waals surface area (Å²) < 4.78 is 5.30. The number of hydrogen-bond donors (Lipinski definition) is 2. The maximum Gasteiger partial charge on any atom is 0.408 e. The van der Waals surface area contributed by atoms with Crippen LogP contribution in [0.4, 0.5) is 4.79 Å². The summed E-state index contributed by atoms with van der Waals surface area (Å²) in [5, 5.41) is 14.9. The molecule has 0 saturated heterocycles. The number of carbonyl (C=O) groups is 3. The van der Waals surface area contributed by atoms with Gasteiger partial charge in [-0.05, 0) is 53.0 Å². The molecule has 0 radical (unpaired) electrons. The Kier molecular flexibility index (Phi) is 9.70. The third kappa shape index (κ3) is 8.22. The molecule has 2 unspecified atom stereocenters. The number of ether oxygens (including phenoxy) is 1. The summed E-state index contributed by atoms with van der Waals surface area (Å²) in [6.45, 7) is 14.0. The van der Waals surface area contributed by atoms with Crippen molar-refractivity contribution in [3.63, 3.8) is 0 Å². The van der Waals surface area contributed by atoms with Gasteiger partial charge in [0, 0.05) is 6.04 Å². The number of nitrogens with one attached hydrogen (secondary N) is 2. The van der Waals surface area contributed by atoms with Crippen molar-refractivity contribution in [3.8, 4) is 6.07 Å². The maximum atomic E-state index is 13.6. The molecule has 0 aliphatic carbocycles. The number of nitriles is 1. The number of benzene rings is 1. The van der Waals surface area contributed by atoms with Gasteiger partial charge >= 0.3 is 6.09 Å². The third-order valence-corrected chi connectivity index (χ3v) is 4.48. The first-order chi connectivity index (χ1) is 14.8. The van der Waals surface area contributed by atoms with Gasteiger partial charge in [0.05, 0.1) is 6.07 Å². The minimum absolute atomic E-state index is 0.158. The Morgan fingerprint density at radius 2 is 1.75 bits per heavy atom. The van der Waals surface area contributed by atoms with Crippen LogP contribution in [-0.4, -0.2) is 47.0 Å². The zero-order valence-corrected chi connectivity index (χ0v) is 20.4. The van der Waals surface area contributed by atoms with Gasteiger partial charge < -0.3 is 20.3 Å². The smallest absolute Gasteiger partial charge is 0.408 e. The predicted octanol–water partition coefficient (Wildman–Crippen LogP) is 3.46. The zero-order chi connectivity index (χ0) is 24.6. The van der Waals surface area contributed by atoms with Gasteiger partial charge in [-0.15, -0.1) is 0 Å². The van der Waals surface area contributed by atoms with Crippen molar-refractivity contribution in [3.05, 3.63) is 35.4 Å². The molecule has 0 spiro atoms. The lowest BCUT2D eigenvalue weighted by Gasteiger charge is -2.34. The number of carbonyl (C=O) groups excluding carboxylic acids is 3. The van der Waals surface area contributed by atoms with Crippen molar-refractivity contribution < 1.29 is 19.1 Å². The number of nitrogens with zero attached hydrogens (tertiary/aromatic N) is 2. The third-order valence-electron chi connectivity index (χ3n) is 4.48. The Bertz CT molecular complexity index is 852. The lowest BCUT2D eigenvalue weighted by atomic mass is 9.98. The molecule has 1 aromatic rings. The number of alkyl carbamates (subject to hydrolysis) is 1. The zero-order valence-electron chi connectivity index (χ0n) is 20.4. The average molecular weight is 445 g/mol.